The maximum absolute atomic E-state index is 10.8. The number of carbonyl (C=O) groups is 2. The molecule has 0 bridgehead atoms. The second-order valence-corrected chi connectivity index (χ2v) is 3.40. The van der Waals surface area contributed by atoms with Crippen LogP contribution in [-0.4, -0.2) is 22.2 Å². The minimum absolute atomic E-state index is 0.0714. The molecule has 4 nitrogen and oxygen atoms in total. The first kappa shape index (κ1) is 10.5. The van der Waals surface area contributed by atoms with E-state index >= 15 is 0 Å². The summed E-state index contributed by atoms with van der Waals surface area (Å²) in [7, 11) is 0. The van der Waals surface area contributed by atoms with Crippen molar-refractivity contribution in [2.45, 2.75) is 19.8 Å². The van der Waals surface area contributed by atoms with Crippen molar-refractivity contribution >= 4 is 11.9 Å². The summed E-state index contributed by atoms with van der Waals surface area (Å²) in [5.74, 6) is -2.71. The first-order chi connectivity index (χ1) is 6.50. The third-order valence-electron chi connectivity index (χ3n) is 2.19. The smallest absolute Gasteiger partial charge is 0.331 e. The van der Waals surface area contributed by atoms with Gasteiger partial charge in [0, 0.05) is 5.57 Å². The van der Waals surface area contributed by atoms with Crippen molar-refractivity contribution in [3.05, 3.63) is 23.3 Å². The number of hydrogen-bond acceptors (Lipinski definition) is 2. The highest BCUT2D eigenvalue weighted by Crippen LogP contribution is 2.22. The summed E-state index contributed by atoms with van der Waals surface area (Å²) >= 11 is 0. The zero-order valence-electron chi connectivity index (χ0n) is 7.86. The predicted octanol–water partition coefficient (Wildman–Crippen LogP) is 1.44. The van der Waals surface area contributed by atoms with Gasteiger partial charge in [0.15, 0.2) is 0 Å². The monoisotopic (exact) mass is 196 g/mol. The average Bonchev–Trinajstić information content (AvgIpc) is 2.26. The molecule has 1 rings (SSSR count). The molecule has 0 heterocycles. The number of carboxylic acid groups (broad SMARTS) is 2. The third kappa shape index (κ3) is 2.45. The van der Waals surface area contributed by atoms with Crippen LogP contribution in [0.15, 0.2) is 23.3 Å². The number of carboxylic acids is 2. The van der Waals surface area contributed by atoms with Crippen LogP contribution in [0, 0.1) is 5.92 Å². The molecule has 4 heteroatoms. The topological polar surface area (TPSA) is 74.6 Å². The van der Waals surface area contributed by atoms with E-state index in [0.717, 1.165) is 5.57 Å². The summed E-state index contributed by atoms with van der Waals surface area (Å²) in [6.45, 7) is 1.80. The molecule has 0 aliphatic heterocycles. The van der Waals surface area contributed by atoms with Crippen molar-refractivity contribution < 1.29 is 19.8 Å². The summed E-state index contributed by atoms with van der Waals surface area (Å²) in [4.78, 5) is 21.5. The molecule has 0 saturated heterocycles. The molecule has 2 N–H and O–H groups in total. The highest BCUT2D eigenvalue weighted by Gasteiger charge is 2.22. The van der Waals surface area contributed by atoms with Gasteiger partial charge in [0.1, 0.15) is 0 Å². The van der Waals surface area contributed by atoms with Gasteiger partial charge in [-0.15, -0.1) is 0 Å². The van der Waals surface area contributed by atoms with Crippen LogP contribution in [0.25, 0.3) is 0 Å². The largest absolute Gasteiger partial charge is 0.481 e. The fraction of sp³-hybridized carbons (Fsp3) is 0.400. The number of aliphatic carboxylic acids is 2. The zero-order valence-corrected chi connectivity index (χ0v) is 7.86. The highest BCUT2D eigenvalue weighted by atomic mass is 16.4. The van der Waals surface area contributed by atoms with Gasteiger partial charge in [0.25, 0.3) is 0 Å². The van der Waals surface area contributed by atoms with Crippen LogP contribution in [0.5, 0.6) is 0 Å². The Bertz CT molecular complexity index is 325. The van der Waals surface area contributed by atoms with E-state index in [4.69, 9.17) is 10.2 Å². The van der Waals surface area contributed by atoms with E-state index in [1.54, 1.807) is 19.1 Å². The molecule has 0 amide bonds. The minimum atomic E-state index is -1.03. The summed E-state index contributed by atoms with van der Waals surface area (Å²) < 4.78 is 0. The number of allylic oxidation sites excluding steroid dienone is 2. The Morgan fingerprint density at radius 3 is 2.57 bits per heavy atom. The Hall–Kier alpha value is -1.58. The Morgan fingerprint density at radius 1 is 1.43 bits per heavy atom. The second-order valence-electron chi connectivity index (χ2n) is 3.40. The van der Waals surface area contributed by atoms with Crippen LogP contribution in [0.4, 0.5) is 0 Å². The molecule has 0 spiro atoms. The van der Waals surface area contributed by atoms with E-state index in [1.807, 2.05) is 0 Å². The lowest BCUT2D eigenvalue weighted by molar-refractivity contribution is -0.140. The van der Waals surface area contributed by atoms with Crippen molar-refractivity contribution in [2.24, 2.45) is 5.92 Å². The van der Waals surface area contributed by atoms with Crippen LogP contribution in [0.1, 0.15) is 19.8 Å². The fourth-order valence-electron chi connectivity index (χ4n) is 1.41. The van der Waals surface area contributed by atoms with Crippen LogP contribution in [0.2, 0.25) is 0 Å². The van der Waals surface area contributed by atoms with Gasteiger partial charge in [-0.05, 0) is 19.8 Å². The summed E-state index contributed by atoms with van der Waals surface area (Å²) in [6, 6.07) is 0. The van der Waals surface area contributed by atoms with Crippen LogP contribution in [0.3, 0.4) is 0 Å². The number of hydrogen-bond donors (Lipinski definition) is 2. The zero-order chi connectivity index (χ0) is 10.7. The minimum Gasteiger partial charge on any atom is -0.481 e. The van der Waals surface area contributed by atoms with Crippen molar-refractivity contribution in [1.82, 2.24) is 0 Å². The van der Waals surface area contributed by atoms with E-state index in [0.29, 0.717) is 6.42 Å². The quantitative estimate of drug-likeness (QED) is 0.655. The molecule has 14 heavy (non-hydrogen) atoms. The normalized spacial score (nSPS) is 21.9. The molecule has 1 atom stereocenters. The van der Waals surface area contributed by atoms with E-state index in [-0.39, 0.29) is 12.0 Å². The van der Waals surface area contributed by atoms with E-state index < -0.39 is 17.9 Å². The molecule has 0 radical (unpaired) electrons. The fourth-order valence-corrected chi connectivity index (χ4v) is 1.41. The molecule has 0 aromatic carbocycles. The summed E-state index contributed by atoms with van der Waals surface area (Å²) in [5, 5.41) is 17.6. The lowest BCUT2D eigenvalue weighted by Crippen LogP contribution is -2.14. The van der Waals surface area contributed by atoms with Gasteiger partial charge in [-0.1, -0.05) is 17.7 Å². The average molecular weight is 196 g/mol. The predicted molar refractivity (Wildman–Crippen MR) is 49.8 cm³/mol. The Morgan fingerprint density at radius 2 is 2.07 bits per heavy atom. The number of rotatable bonds is 2. The lowest BCUT2D eigenvalue weighted by Gasteiger charge is -2.05. The third-order valence-corrected chi connectivity index (χ3v) is 2.19. The maximum atomic E-state index is 10.8. The lowest BCUT2D eigenvalue weighted by atomic mass is 10.00. The molecule has 76 valence electrons. The van der Waals surface area contributed by atoms with Gasteiger partial charge < -0.3 is 10.2 Å². The molecule has 0 saturated carbocycles. The van der Waals surface area contributed by atoms with Crippen LogP contribution >= 0.6 is 0 Å². The highest BCUT2D eigenvalue weighted by molar-refractivity contribution is 5.88. The molecule has 0 fully saturated rings. The Balaban J connectivity index is 2.91. The van der Waals surface area contributed by atoms with Crippen molar-refractivity contribution in [1.29, 1.82) is 0 Å². The first-order valence-corrected chi connectivity index (χ1v) is 4.33. The van der Waals surface area contributed by atoms with E-state index in [1.165, 1.54) is 0 Å². The van der Waals surface area contributed by atoms with E-state index in [9.17, 15) is 9.59 Å². The van der Waals surface area contributed by atoms with Gasteiger partial charge in [0.05, 0.1) is 5.92 Å². The SMILES string of the molecule is CC1=CC(C(=O)O)CC(C(=O)O)=CC1. The van der Waals surface area contributed by atoms with Gasteiger partial charge in [-0.3, -0.25) is 4.79 Å². The second kappa shape index (κ2) is 4.09. The molecule has 1 unspecified atom stereocenters. The molecular weight excluding hydrogens is 184 g/mol. The van der Waals surface area contributed by atoms with Crippen LogP contribution < -0.4 is 0 Å². The van der Waals surface area contributed by atoms with Crippen LogP contribution in [-0.2, 0) is 9.59 Å². The summed E-state index contributed by atoms with van der Waals surface area (Å²) in [5.41, 5.74) is 1.08. The van der Waals surface area contributed by atoms with Gasteiger partial charge in [-0.2, -0.15) is 0 Å². The molecule has 1 aliphatic rings. The molecule has 0 aromatic rings. The van der Waals surface area contributed by atoms with Crippen molar-refractivity contribution in [3.8, 4) is 0 Å². The van der Waals surface area contributed by atoms with E-state index in [2.05, 4.69) is 0 Å². The van der Waals surface area contributed by atoms with Crippen molar-refractivity contribution in [2.75, 3.05) is 0 Å². The van der Waals surface area contributed by atoms with Gasteiger partial charge >= 0.3 is 11.9 Å². The van der Waals surface area contributed by atoms with Gasteiger partial charge in [0.2, 0.25) is 0 Å². The van der Waals surface area contributed by atoms with Gasteiger partial charge in [-0.25, -0.2) is 4.79 Å². The molecular formula is C10H12O4. The maximum Gasteiger partial charge on any atom is 0.331 e. The van der Waals surface area contributed by atoms with Crippen molar-refractivity contribution in [3.63, 3.8) is 0 Å². The molecule has 1 aliphatic carbocycles. The standard InChI is InChI=1S/C10H12O4/c1-6-2-3-7(9(11)12)5-8(4-6)10(13)14/h3-4,8H,2,5H2,1H3,(H,11,12)(H,13,14). The first-order valence-electron chi connectivity index (χ1n) is 4.33. The molecule has 0 aromatic heterocycles. The summed E-state index contributed by atoms with van der Waals surface area (Å²) in [6.07, 6.45) is 3.79. The Labute approximate surface area is 81.6 Å². The Kier molecular flexibility index (Phi) is 3.06.